The molecule has 0 unspecified atom stereocenters. The maximum Gasteiger partial charge on any atom is 0.417 e. The van der Waals surface area contributed by atoms with E-state index in [0.717, 1.165) is 12.8 Å². The van der Waals surface area contributed by atoms with Crippen molar-refractivity contribution in [2.75, 3.05) is 13.1 Å². The van der Waals surface area contributed by atoms with Crippen LogP contribution in [0.5, 0.6) is 0 Å². The summed E-state index contributed by atoms with van der Waals surface area (Å²) in [6, 6.07) is 0. The van der Waals surface area contributed by atoms with Crippen LogP contribution in [0.3, 0.4) is 0 Å². The van der Waals surface area contributed by atoms with Crippen molar-refractivity contribution in [3.8, 4) is 0 Å². The first kappa shape index (κ1) is 11.0. The number of amides is 1. The molecule has 80 valence electrons. The third-order valence-corrected chi connectivity index (χ3v) is 2.16. The van der Waals surface area contributed by atoms with Crippen LogP contribution >= 0.6 is 0 Å². The van der Waals surface area contributed by atoms with Crippen LogP contribution in [0.4, 0.5) is 4.79 Å². The molecule has 0 spiro atoms. The Morgan fingerprint density at radius 3 is 2.07 bits per heavy atom. The van der Waals surface area contributed by atoms with Crippen LogP contribution in [-0.2, 0) is 9.53 Å². The molecule has 1 aliphatic rings. The Morgan fingerprint density at radius 1 is 1.14 bits per heavy atom. The second-order valence-corrected chi connectivity index (χ2v) is 4.60. The zero-order valence-electron chi connectivity index (χ0n) is 9.00. The zero-order valence-corrected chi connectivity index (χ0v) is 9.00. The second-order valence-electron chi connectivity index (χ2n) is 4.60. The molecule has 1 amide bonds. The van der Waals surface area contributed by atoms with Gasteiger partial charge in [0.05, 0.1) is 5.41 Å². The van der Waals surface area contributed by atoms with Crippen molar-refractivity contribution < 1.29 is 14.3 Å². The van der Waals surface area contributed by atoms with Crippen molar-refractivity contribution in [2.24, 2.45) is 5.41 Å². The zero-order chi connectivity index (χ0) is 10.8. The van der Waals surface area contributed by atoms with Gasteiger partial charge in [-0.15, -0.1) is 0 Å². The van der Waals surface area contributed by atoms with Crippen LogP contribution < -0.4 is 0 Å². The molecule has 0 atom stereocenters. The van der Waals surface area contributed by atoms with Crippen LogP contribution in [0.1, 0.15) is 33.6 Å². The molecule has 0 radical (unpaired) electrons. The normalized spacial score (nSPS) is 16.9. The summed E-state index contributed by atoms with van der Waals surface area (Å²) in [4.78, 5) is 24.3. The Labute approximate surface area is 84.2 Å². The minimum atomic E-state index is -0.616. The maximum absolute atomic E-state index is 11.4. The van der Waals surface area contributed by atoms with Gasteiger partial charge < -0.3 is 9.64 Å². The van der Waals surface area contributed by atoms with Gasteiger partial charge >= 0.3 is 12.1 Å². The molecule has 1 aliphatic heterocycles. The number of hydrogen-bond acceptors (Lipinski definition) is 3. The molecule has 4 heteroatoms. The summed E-state index contributed by atoms with van der Waals surface area (Å²) in [6.45, 7) is 6.60. The highest BCUT2D eigenvalue weighted by atomic mass is 16.6. The lowest BCUT2D eigenvalue weighted by atomic mass is 9.97. The topological polar surface area (TPSA) is 46.6 Å². The van der Waals surface area contributed by atoms with Crippen molar-refractivity contribution in [3.05, 3.63) is 0 Å². The number of likely N-dealkylation sites (tertiary alicyclic amines) is 1. The van der Waals surface area contributed by atoms with Crippen molar-refractivity contribution >= 4 is 12.1 Å². The molecule has 1 rings (SSSR count). The molecular weight excluding hydrogens is 182 g/mol. The Morgan fingerprint density at radius 2 is 1.64 bits per heavy atom. The van der Waals surface area contributed by atoms with E-state index in [2.05, 4.69) is 0 Å². The Kier molecular flexibility index (Phi) is 3.13. The average Bonchev–Trinajstić information content (AvgIpc) is 2.53. The predicted octanol–water partition coefficient (Wildman–Crippen LogP) is 1.79. The number of carbonyl (C=O) groups is 2. The van der Waals surface area contributed by atoms with Crippen molar-refractivity contribution in [3.63, 3.8) is 0 Å². The second kappa shape index (κ2) is 3.98. The highest BCUT2D eigenvalue weighted by Crippen LogP contribution is 2.17. The highest BCUT2D eigenvalue weighted by Gasteiger charge is 2.28. The molecule has 1 saturated heterocycles. The quantitative estimate of drug-likeness (QED) is 0.441. The summed E-state index contributed by atoms with van der Waals surface area (Å²) in [5, 5.41) is 0. The first-order valence-electron chi connectivity index (χ1n) is 4.92. The van der Waals surface area contributed by atoms with E-state index in [9.17, 15) is 9.59 Å². The monoisotopic (exact) mass is 199 g/mol. The number of esters is 1. The molecule has 1 heterocycles. The summed E-state index contributed by atoms with van der Waals surface area (Å²) in [5.41, 5.74) is -0.616. The summed E-state index contributed by atoms with van der Waals surface area (Å²) < 4.78 is 4.75. The smallest absolute Gasteiger partial charge is 0.376 e. The molecule has 0 aliphatic carbocycles. The lowest BCUT2D eigenvalue weighted by molar-refractivity contribution is -0.147. The number of nitrogens with zero attached hydrogens (tertiary/aromatic N) is 1. The number of rotatable bonds is 0. The van der Waals surface area contributed by atoms with Gasteiger partial charge in [0.15, 0.2) is 0 Å². The first-order valence-corrected chi connectivity index (χ1v) is 4.92. The van der Waals surface area contributed by atoms with E-state index in [4.69, 9.17) is 4.74 Å². The van der Waals surface area contributed by atoms with E-state index in [1.807, 2.05) is 0 Å². The Balaban J connectivity index is 2.44. The fourth-order valence-corrected chi connectivity index (χ4v) is 1.20. The van der Waals surface area contributed by atoms with Crippen molar-refractivity contribution in [1.82, 2.24) is 4.90 Å². The predicted molar refractivity (Wildman–Crippen MR) is 51.8 cm³/mol. The van der Waals surface area contributed by atoms with Crippen LogP contribution in [0.25, 0.3) is 0 Å². The molecule has 0 bridgehead atoms. The summed E-state index contributed by atoms with van der Waals surface area (Å²) >= 11 is 0. The molecule has 0 saturated carbocycles. The van der Waals surface area contributed by atoms with E-state index < -0.39 is 17.5 Å². The first-order chi connectivity index (χ1) is 6.41. The van der Waals surface area contributed by atoms with Crippen LogP contribution in [0, 0.1) is 5.41 Å². The molecule has 0 aromatic rings. The van der Waals surface area contributed by atoms with Gasteiger partial charge in [0, 0.05) is 13.1 Å². The van der Waals surface area contributed by atoms with Crippen molar-refractivity contribution in [2.45, 2.75) is 33.6 Å². The Hall–Kier alpha value is -1.06. The third kappa shape index (κ3) is 2.72. The van der Waals surface area contributed by atoms with Crippen LogP contribution in [0.15, 0.2) is 0 Å². The van der Waals surface area contributed by atoms with E-state index in [0.29, 0.717) is 13.1 Å². The van der Waals surface area contributed by atoms with Crippen LogP contribution in [-0.4, -0.2) is 30.1 Å². The molecule has 0 N–H and O–H groups in total. The number of ether oxygens (including phenoxy) is 1. The minimum Gasteiger partial charge on any atom is -0.376 e. The average molecular weight is 199 g/mol. The SMILES string of the molecule is CC(C)(C)C(=O)OC(=O)N1CCCC1. The van der Waals surface area contributed by atoms with Gasteiger partial charge in [0.2, 0.25) is 0 Å². The van der Waals surface area contributed by atoms with Gasteiger partial charge in [-0.1, -0.05) is 0 Å². The number of carbonyl (C=O) groups excluding carboxylic acids is 2. The molecule has 4 nitrogen and oxygen atoms in total. The van der Waals surface area contributed by atoms with Crippen molar-refractivity contribution in [1.29, 1.82) is 0 Å². The third-order valence-electron chi connectivity index (χ3n) is 2.16. The minimum absolute atomic E-state index is 0.464. The van der Waals surface area contributed by atoms with Crippen LogP contribution in [0.2, 0.25) is 0 Å². The molecule has 14 heavy (non-hydrogen) atoms. The largest absolute Gasteiger partial charge is 0.417 e. The lowest BCUT2D eigenvalue weighted by Crippen LogP contribution is -2.34. The standard InChI is InChI=1S/C10H17NO3/c1-10(2,3)8(12)14-9(13)11-6-4-5-7-11/h4-7H2,1-3H3. The summed E-state index contributed by atoms with van der Waals surface area (Å²) in [5.74, 6) is -0.464. The van der Waals surface area contributed by atoms with Gasteiger partial charge in [-0.2, -0.15) is 0 Å². The Bertz CT molecular complexity index is 236. The van der Waals surface area contributed by atoms with E-state index in [-0.39, 0.29) is 0 Å². The molecular formula is C10H17NO3. The maximum atomic E-state index is 11.4. The lowest BCUT2D eigenvalue weighted by Gasteiger charge is -2.19. The van der Waals surface area contributed by atoms with Gasteiger partial charge in [-0.3, -0.25) is 4.79 Å². The summed E-state index contributed by atoms with van der Waals surface area (Å²) in [6.07, 6.45) is 1.50. The highest BCUT2D eigenvalue weighted by molar-refractivity contribution is 5.87. The fourth-order valence-electron chi connectivity index (χ4n) is 1.20. The fraction of sp³-hybridized carbons (Fsp3) is 0.800. The van der Waals surface area contributed by atoms with E-state index in [1.165, 1.54) is 0 Å². The van der Waals surface area contributed by atoms with Gasteiger partial charge in [-0.25, -0.2) is 4.79 Å². The van der Waals surface area contributed by atoms with E-state index >= 15 is 0 Å². The molecule has 0 aromatic heterocycles. The molecule has 1 fully saturated rings. The van der Waals surface area contributed by atoms with Gasteiger partial charge in [0.25, 0.3) is 0 Å². The van der Waals surface area contributed by atoms with Gasteiger partial charge in [-0.05, 0) is 33.6 Å². The van der Waals surface area contributed by atoms with E-state index in [1.54, 1.807) is 25.7 Å². The van der Waals surface area contributed by atoms with Gasteiger partial charge in [0.1, 0.15) is 0 Å². The molecule has 0 aromatic carbocycles. The summed E-state index contributed by atoms with van der Waals surface area (Å²) in [7, 11) is 0. The number of hydrogen-bond donors (Lipinski definition) is 0.